The SMILES string of the molecule is C[N+]([O-])=C1c2ccccc2-c2ccccc21. The van der Waals surface area contributed by atoms with E-state index in [4.69, 9.17) is 0 Å². The molecule has 0 aliphatic heterocycles. The largest absolute Gasteiger partial charge is 0.624 e. The van der Waals surface area contributed by atoms with Crippen LogP contribution in [0.1, 0.15) is 11.1 Å². The number of hydrogen-bond acceptors (Lipinski definition) is 1. The van der Waals surface area contributed by atoms with Gasteiger partial charge in [-0.05, 0) is 23.3 Å². The first-order valence-corrected chi connectivity index (χ1v) is 5.26. The Bertz CT molecular complexity index is 548. The number of rotatable bonds is 0. The maximum absolute atomic E-state index is 11.7. The van der Waals surface area contributed by atoms with Crippen LogP contribution >= 0.6 is 0 Å². The van der Waals surface area contributed by atoms with Crippen molar-refractivity contribution in [2.24, 2.45) is 0 Å². The maximum atomic E-state index is 11.7. The lowest BCUT2D eigenvalue weighted by molar-refractivity contribution is -0.421. The first kappa shape index (κ1) is 9.16. The molecule has 1 aliphatic carbocycles. The van der Waals surface area contributed by atoms with E-state index in [-0.39, 0.29) is 0 Å². The van der Waals surface area contributed by atoms with Gasteiger partial charge in [0.2, 0.25) is 5.71 Å². The summed E-state index contributed by atoms with van der Waals surface area (Å²) in [5, 5.41) is 11.7. The molecule has 2 heteroatoms. The average Bonchev–Trinajstić information content (AvgIpc) is 2.63. The van der Waals surface area contributed by atoms with Gasteiger partial charge in [0.25, 0.3) is 0 Å². The predicted octanol–water partition coefficient (Wildman–Crippen LogP) is 2.64. The van der Waals surface area contributed by atoms with Crippen LogP contribution in [0.5, 0.6) is 0 Å². The van der Waals surface area contributed by atoms with E-state index in [1.54, 1.807) is 7.05 Å². The Morgan fingerprint density at radius 2 is 1.12 bits per heavy atom. The summed E-state index contributed by atoms with van der Waals surface area (Å²) in [6, 6.07) is 16.1. The molecule has 2 aromatic carbocycles. The van der Waals surface area contributed by atoms with E-state index < -0.39 is 0 Å². The molecular formula is C14H11NO. The van der Waals surface area contributed by atoms with E-state index >= 15 is 0 Å². The van der Waals surface area contributed by atoms with Gasteiger partial charge in [0.15, 0.2) is 0 Å². The van der Waals surface area contributed by atoms with Crippen molar-refractivity contribution in [3.63, 3.8) is 0 Å². The zero-order valence-electron chi connectivity index (χ0n) is 8.97. The molecule has 3 rings (SSSR count). The minimum absolute atomic E-state index is 0.770. The standard InChI is InChI=1S/C14H11NO/c1-15(16)14-12-8-4-2-6-10(12)11-7-3-5-9-13(11)14/h2-9H,1H3. The van der Waals surface area contributed by atoms with Crippen LogP contribution < -0.4 is 0 Å². The summed E-state index contributed by atoms with van der Waals surface area (Å²) in [6.07, 6.45) is 0. The summed E-state index contributed by atoms with van der Waals surface area (Å²) in [6.45, 7) is 0. The summed E-state index contributed by atoms with van der Waals surface area (Å²) in [4.78, 5) is 0. The quantitative estimate of drug-likeness (QED) is 0.317. The van der Waals surface area contributed by atoms with Gasteiger partial charge in [-0.2, -0.15) is 0 Å². The molecule has 16 heavy (non-hydrogen) atoms. The van der Waals surface area contributed by atoms with E-state index in [0.717, 1.165) is 32.7 Å². The third-order valence-electron chi connectivity index (χ3n) is 2.97. The fraction of sp³-hybridized carbons (Fsp3) is 0.0714. The van der Waals surface area contributed by atoms with E-state index in [0.29, 0.717) is 0 Å². The summed E-state index contributed by atoms with van der Waals surface area (Å²) < 4.78 is 0.949. The Balaban J connectivity index is 2.44. The molecule has 0 unspecified atom stereocenters. The van der Waals surface area contributed by atoms with Crippen LogP contribution in [0.3, 0.4) is 0 Å². The van der Waals surface area contributed by atoms with Crippen LogP contribution in [0.4, 0.5) is 0 Å². The second-order valence-electron chi connectivity index (χ2n) is 3.94. The van der Waals surface area contributed by atoms with E-state index in [2.05, 4.69) is 12.1 Å². The molecule has 0 bridgehead atoms. The van der Waals surface area contributed by atoms with Crippen molar-refractivity contribution in [3.05, 3.63) is 64.9 Å². The van der Waals surface area contributed by atoms with Gasteiger partial charge in [0.1, 0.15) is 7.05 Å². The predicted molar refractivity (Wildman–Crippen MR) is 64.6 cm³/mol. The highest BCUT2D eigenvalue weighted by molar-refractivity contribution is 6.22. The average molecular weight is 209 g/mol. The summed E-state index contributed by atoms with van der Waals surface area (Å²) in [7, 11) is 1.55. The van der Waals surface area contributed by atoms with Crippen molar-refractivity contribution in [1.29, 1.82) is 0 Å². The first-order chi connectivity index (χ1) is 7.79. The molecule has 0 radical (unpaired) electrons. The molecule has 1 aliphatic rings. The van der Waals surface area contributed by atoms with Gasteiger partial charge in [0, 0.05) is 0 Å². The number of fused-ring (bicyclic) bond motifs is 3. The molecule has 0 heterocycles. The monoisotopic (exact) mass is 209 g/mol. The van der Waals surface area contributed by atoms with Crippen LogP contribution in [0.15, 0.2) is 48.5 Å². The molecule has 0 saturated heterocycles. The smallest absolute Gasteiger partial charge is 0.226 e. The number of benzene rings is 2. The van der Waals surface area contributed by atoms with Gasteiger partial charge in [-0.3, -0.25) is 0 Å². The normalized spacial score (nSPS) is 12.2. The second-order valence-corrected chi connectivity index (χ2v) is 3.94. The van der Waals surface area contributed by atoms with Gasteiger partial charge in [-0.1, -0.05) is 36.4 Å². The number of hydrogen-bond donors (Lipinski definition) is 0. The molecular weight excluding hydrogens is 198 g/mol. The maximum Gasteiger partial charge on any atom is 0.226 e. The summed E-state index contributed by atoms with van der Waals surface area (Å²) in [5.74, 6) is 0. The molecule has 0 amide bonds. The number of nitrogens with zero attached hydrogens (tertiary/aromatic N) is 1. The Morgan fingerprint density at radius 3 is 1.50 bits per heavy atom. The third kappa shape index (κ3) is 1.10. The fourth-order valence-electron chi connectivity index (χ4n) is 2.33. The molecule has 78 valence electrons. The molecule has 0 spiro atoms. The van der Waals surface area contributed by atoms with Crippen LogP contribution in [-0.2, 0) is 0 Å². The lowest BCUT2D eigenvalue weighted by Gasteiger charge is -2.02. The van der Waals surface area contributed by atoms with Crippen LogP contribution in [0.2, 0.25) is 0 Å². The molecule has 0 saturated carbocycles. The first-order valence-electron chi connectivity index (χ1n) is 5.26. The van der Waals surface area contributed by atoms with E-state index in [1.807, 2.05) is 36.4 Å². The molecule has 2 nitrogen and oxygen atoms in total. The number of hydroxylamine groups is 1. The zero-order valence-corrected chi connectivity index (χ0v) is 8.97. The van der Waals surface area contributed by atoms with Gasteiger partial charge >= 0.3 is 0 Å². The second kappa shape index (κ2) is 3.20. The highest BCUT2D eigenvalue weighted by Crippen LogP contribution is 2.36. The zero-order chi connectivity index (χ0) is 11.1. The van der Waals surface area contributed by atoms with Crippen LogP contribution in [-0.4, -0.2) is 17.5 Å². The summed E-state index contributed by atoms with van der Waals surface area (Å²) >= 11 is 0. The van der Waals surface area contributed by atoms with Crippen molar-refractivity contribution in [2.75, 3.05) is 7.05 Å². The van der Waals surface area contributed by atoms with Crippen molar-refractivity contribution in [2.45, 2.75) is 0 Å². The van der Waals surface area contributed by atoms with Crippen molar-refractivity contribution < 1.29 is 4.74 Å². The Morgan fingerprint density at radius 1 is 0.750 bits per heavy atom. The van der Waals surface area contributed by atoms with Crippen molar-refractivity contribution in [1.82, 2.24) is 0 Å². The van der Waals surface area contributed by atoms with Crippen molar-refractivity contribution >= 4 is 5.71 Å². The van der Waals surface area contributed by atoms with Gasteiger partial charge in [0.05, 0.1) is 11.1 Å². The minimum atomic E-state index is 0.770. The lowest BCUT2D eigenvalue weighted by Crippen LogP contribution is -2.11. The van der Waals surface area contributed by atoms with Gasteiger partial charge in [-0.25, -0.2) is 4.74 Å². The van der Waals surface area contributed by atoms with Gasteiger partial charge < -0.3 is 5.21 Å². The van der Waals surface area contributed by atoms with Crippen LogP contribution in [0, 0.1) is 5.21 Å². The Labute approximate surface area is 94.1 Å². The molecule has 0 aromatic heterocycles. The summed E-state index contributed by atoms with van der Waals surface area (Å²) in [5.41, 5.74) is 5.13. The topological polar surface area (TPSA) is 26.1 Å². The Kier molecular flexibility index (Phi) is 1.83. The van der Waals surface area contributed by atoms with Gasteiger partial charge in [-0.15, -0.1) is 0 Å². The molecule has 0 fully saturated rings. The fourth-order valence-corrected chi connectivity index (χ4v) is 2.33. The van der Waals surface area contributed by atoms with Crippen LogP contribution in [0.25, 0.3) is 11.1 Å². The lowest BCUT2D eigenvalue weighted by atomic mass is 10.1. The third-order valence-corrected chi connectivity index (χ3v) is 2.97. The minimum Gasteiger partial charge on any atom is -0.624 e. The van der Waals surface area contributed by atoms with Crippen molar-refractivity contribution in [3.8, 4) is 11.1 Å². The highest BCUT2D eigenvalue weighted by atomic mass is 16.5. The molecule has 2 aromatic rings. The van der Waals surface area contributed by atoms with E-state index in [9.17, 15) is 5.21 Å². The Hall–Kier alpha value is -2.09. The van der Waals surface area contributed by atoms with E-state index in [1.165, 1.54) is 0 Å². The highest BCUT2D eigenvalue weighted by Gasteiger charge is 2.28. The molecule has 0 N–H and O–H groups in total. The molecule has 0 atom stereocenters.